The zero-order valence-electron chi connectivity index (χ0n) is 12.3. The fourth-order valence-corrected chi connectivity index (χ4v) is 4.80. The van der Waals surface area contributed by atoms with Gasteiger partial charge in [0.15, 0.2) is 5.72 Å². The highest BCUT2D eigenvalue weighted by molar-refractivity contribution is 5.98. The Labute approximate surface area is 119 Å². The first-order chi connectivity index (χ1) is 9.40. The van der Waals surface area contributed by atoms with Crippen molar-refractivity contribution in [3.8, 4) is 5.75 Å². The maximum absolute atomic E-state index is 12.5. The van der Waals surface area contributed by atoms with Crippen molar-refractivity contribution in [2.45, 2.75) is 45.8 Å². The van der Waals surface area contributed by atoms with Crippen molar-refractivity contribution in [1.82, 2.24) is 5.32 Å². The fraction of sp³-hybridized carbons (Fsp3) is 0.588. The molecule has 2 fully saturated rings. The highest BCUT2D eigenvalue weighted by Crippen LogP contribution is 2.70. The summed E-state index contributed by atoms with van der Waals surface area (Å²) >= 11 is 0. The topological polar surface area (TPSA) is 38.3 Å². The van der Waals surface area contributed by atoms with Gasteiger partial charge in [0.2, 0.25) is 0 Å². The zero-order chi connectivity index (χ0) is 14.2. The van der Waals surface area contributed by atoms with Crippen molar-refractivity contribution in [3.63, 3.8) is 0 Å². The van der Waals surface area contributed by atoms with Crippen molar-refractivity contribution < 1.29 is 9.53 Å². The molecule has 1 N–H and O–H groups in total. The third-order valence-corrected chi connectivity index (χ3v) is 6.59. The van der Waals surface area contributed by atoms with Crippen LogP contribution in [0.5, 0.6) is 5.75 Å². The smallest absolute Gasteiger partial charge is 0.258 e. The van der Waals surface area contributed by atoms with E-state index >= 15 is 0 Å². The molecule has 2 saturated carbocycles. The van der Waals surface area contributed by atoms with E-state index in [9.17, 15) is 4.79 Å². The number of fused-ring (bicyclic) bond motifs is 4. The van der Waals surface area contributed by atoms with E-state index in [0.717, 1.165) is 18.6 Å². The Bertz CT molecular complexity index is 609. The summed E-state index contributed by atoms with van der Waals surface area (Å²) in [6.45, 7) is 6.94. The molecule has 3 nitrogen and oxygen atoms in total. The molecule has 106 valence electrons. The minimum absolute atomic E-state index is 0.00609. The zero-order valence-corrected chi connectivity index (χ0v) is 12.3. The number of hydrogen-bond acceptors (Lipinski definition) is 2. The van der Waals surface area contributed by atoms with Crippen molar-refractivity contribution in [2.75, 3.05) is 0 Å². The van der Waals surface area contributed by atoms with Gasteiger partial charge in [-0.3, -0.25) is 4.79 Å². The lowest BCUT2D eigenvalue weighted by Gasteiger charge is -2.50. The fourth-order valence-electron chi connectivity index (χ4n) is 4.80. The molecule has 3 aliphatic rings. The number of amides is 1. The highest BCUT2D eigenvalue weighted by Gasteiger charge is 2.72. The Hall–Kier alpha value is -1.51. The summed E-state index contributed by atoms with van der Waals surface area (Å²) in [4.78, 5) is 12.5. The molecule has 0 unspecified atom stereocenters. The van der Waals surface area contributed by atoms with Crippen LogP contribution in [-0.4, -0.2) is 11.6 Å². The summed E-state index contributed by atoms with van der Waals surface area (Å²) in [5, 5.41) is 3.21. The summed E-state index contributed by atoms with van der Waals surface area (Å²) in [6, 6.07) is 7.56. The second-order valence-corrected chi connectivity index (χ2v) is 7.37. The Balaban J connectivity index is 1.84. The lowest BCUT2D eigenvalue weighted by molar-refractivity contribution is -0.0912. The summed E-state index contributed by atoms with van der Waals surface area (Å²) < 4.78 is 6.39. The van der Waals surface area contributed by atoms with Gasteiger partial charge in [0, 0.05) is 11.8 Å². The van der Waals surface area contributed by atoms with Crippen LogP contribution in [0, 0.1) is 16.7 Å². The third kappa shape index (κ3) is 1.16. The first-order valence-corrected chi connectivity index (χ1v) is 7.50. The average molecular weight is 271 g/mol. The van der Waals surface area contributed by atoms with Gasteiger partial charge in [0.25, 0.3) is 5.91 Å². The van der Waals surface area contributed by atoms with Crippen LogP contribution < -0.4 is 10.1 Å². The second-order valence-electron chi connectivity index (χ2n) is 7.37. The van der Waals surface area contributed by atoms with Crippen LogP contribution >= 0.6 is 0 Å². The van der Waals surface area contributed by atoms with E-state index in [0.29, 0.717) is 11.5 Å². The van der Waals surface area contributed by atoms with Crippen LogP contribution in [-0.2, 0) is 0 Å². The Morgan fingerprint density at radius 3 is 2.65 bits per heavy atom. The van der Waals surface area contributed by atoms with Crippen LogP contribution in [0.3, 0.4) is 0 Å². The van der Waals surface area contributed by atoms with E-state index in [2.05, 4.69) is 26.1 Å². The van der Waals surface area contributed by atoms with Gasteiger partial charge in [0.05, 0.1) is 5.56 Å². The molecule has 3 atom stereocenters. The normalized spacial score (nSPS) is 40.4. The summed E-state index contributed by atoms with van der Waals surface area (Å²) in [6.07, 6.45) is 3.29. The number of rotatable bonds is 0. The molecule has 1 aromatic carbocycles. The van der Waals surface area contributed by atoms with Gasteiger partial charge in [-0.25, -0.2) is 0 Å². The van der Waals surface area contributed by atoms with Gasteiger partial charge in [-0.15, -0.1) is 0 Å². The highest BCUT2D eigenvalue weighted by atomic mass is 16.5. The van der Waals surface area contributed by atoms with Gasteiger partial charge >= 0.3 is 0 Å². The molecule has 1 spiro atoms. The largest absolute Gasteiger partial charge is 0.467 e. The van der Waals surface area contributed by atoms with Crippen molar-refractivity contribution in [1.29, 1.82) is 0 Å². The predicted molar refractivity (Wildman–Crippen MR) is 76.5 cm³/mol. The third-order valence-electron chi connectivity index (χ3n) is 6.59. The first kappa shape index (κ1) is 12.2. The maximum atomic E-state index is 12.5. The van der Waals surface area contributed by atoms with E-state index in [-0.39, 0.29) is 16.7 Å². The molecule has 1 aliphatic heterocycles. The van der Waals surface area contributed by atoms with Gasteiger partial charge in [-0.05, 0) is 36.3 Å². The lowest BCUT2D eigenvalue weighted by Crippen LogP contribution is -2.64. The summed E-state index contributed by atoms with van der Waals surface area (Å²) in [5.74, 6) is 1.37. The van der Waals surface area contributed by atoms with Crippen LogP contribution in [0.25, 0.3) is 0 Å². The van der Waals surface area contributed by atoms with Crippen LogP contribution in [0.4, 0.5) is 0 Å². The summed E-state index contributed by atoms with van der Waals surface area (Å²) in [5.41, 5.74) is 0.327. The number of carbonyl (C=O) groups excluding carboxylic acids is 1. The number of benzene rings is 1. The van der Waals surface area contributed by atoms with Gasteiger partial charge in [-0.2, -0.15) is 0 Å². The number of ether oxygens (including phenoxy) is 1. The molecule has 0 saturated heterocycles. The maximum Gasteiger partial charge on any atom is 0.258 e. The monoisotopic (exact) mass is 271 g/mol. The summed E-state index contributed by atoms with van der Waals surface area (Å²) in [7, 11) is 0. The molecule has 2 aliphatic carbocycles. The molecule has 0 radical (unpaired) electrons. The number of carbonyl (C=O) groups is 1. The minimum Gasteiger partial charge on any atom is -0.467 e. The Morgan fingerprint density at radius 1 is 1.25 bits per heavy atom. The molecule has 2 bridgehead atoms. The molecule has 1 amide bonds. The molecule has 1 aromatic rings. The number of hydrogen-bond donors (Lipinski definition) is 1. The van der Waals surface area contributed by atoms with Gasteiger partial charge < -0.3 is 10.1 Å². The molecule has 0 aromatic heterocycles. The average Bonchev–Trinajstić information content (AvgIpc) is 2.71. The van der Waals surface area contributed by atoms with Crippen LogP contribution in [0.2, 0.25) is 0 Å². The number of nitrogens with one attached hydrogen (secondary N) is 1. The Kier molecular flexibility index (Phi) is 2.07. The van der Waals surface area contributed by atoms with Crippen molar-refractivity contribution in [2.24, 2.45) is 16.7 Å². The van der Waals surface area contributed by atoms with Crippen LogP contribution in [0.1, 0.15) is 50.4 Å². The van der Waals surface area contributed by atoms with Crippen molar-refractivity contribution in [3.05, 3.63) is 29.8 Å². The van der Waals surface area contributed by atoms with E-state index in [4.69, 9.17) is 4.74 Å². The molecule has 4 rings (SSSR count). The quantitative estimate of drug-likeness (QED) is 0.786. The SMILES string of the molecule is CC1(C)[C@@H]2CC[C@@]1(C)[C@@]1(C2)NC(=O)c2ccccc2O1. The predicted octanol–water partition coefficient (Wildman–Crippen LogP) is 3.35. The molecule has 20 heavy (non-hydrogen) atoms. The van der Waals surface area contributed by atoms with Crippen LogP contribution in [0.15, 0.2) is 24.3 Å². The van der Waals surface area contributed by atoms with E-state index < -0.39 is 5.72 Å². The first-order valence-electron chi connectivity index (χ1n) is 7.50. The molecular formula is C17H21NO2. The molecule has 3 heteroatoms. The standard InChI is InChI=1S/C17H21NO2/c1-15(2)11-8-9-16(15,3)17(10-11)18-14(19)12-6-4-5-7-13(12)20-17/h4-7,11H,8-10H2,1-3H3,(H,18,19)/t11-,16-,17+/m1/s1. The molecule has 1 heterocycles. The van der Waals surface area contributed by atoms with E-state index in [1.165, 1.54) is 6.42 Å². The van der Waals surface area contributed by atoms with Gasteiger partial charge in [0.1, 0.15) is 5.75 Å². The van der Waals surface area contributed by atoms with Gasteiger partial charge in [-0.1, -0.05) is 32.9 Å². The molecular weight excluding hydrogens is 250 g/mol. The van der Waals surface area contributed by atoms with E-state index in [1.807, 2.05) is 24.3 Å². The van der Waals surface area contributed by atoms with E-state index in [1.54, 1.807) is 0 Å². The Morgan fingerprint density at radius 2 is 2.00 bits per heavy atom. The number of para-hydroxylation sites is 1. The van der Waals surface area contributed by atoms with Crippen molar-refractivity contribution >= 4 is 5.91 Å². The second kappa shape index (κ2) is 3.38. The minimum atomic E-state index is -0.523. The lowest BCUT2D eigenvalue weighted by atomic mass is 9.67.